The van der Waals surface area contributed by atoms with Crippen molar-refractivity contribution in [3.8, 4) is 0 Å². The molecule has 4 rings (SSSR count). The van der Waals surface area contributed by atoms with Gasteiger partial charge in [-0.15, -0.1) is 0 Å². The Labute approximate surface area is 249 Å². The molecule has 0 radical (unpaired) electrons. The summed E-state index contributed by atoms with van der Waals surface area (Å²) in [5.74, 6) is 0. The molecular formula is C24H42O20. The summed E-state index contributed by atoms with van der Waals surface area (Å²) in [6.07, 6.45) is -34.4. The Morgan fingerprint density at radius 3 is 1.48 bits per heavy atom. The van der Waals surface area contributed by atoms with Gasteiger partial charge in [0, 0.05) is 0 Å². The predicted molar refractivity (Wildman–Crippen MR) is 132 cm³/mol. The van der Waals surface area contributed by atoms with E-state index in [2.05, 4.69) is 0 Å². The van der Waals surface area contributed by atoms with Gasteiger partial charge in [0.15, 0.2) is 25.2 Å². The first-order valence-electron chi connectivity index (χ1n) is 14.0. The van der Waals surface area contributed by atoms with Gasteiger partial charge < -0.3 is 99.5 Å². The van der Waals surface area contributed by atoms with Gasteiger partial charge in [-0.1, -0.05) is 0 Å². The molecule has 4 aliphatic rings. The van der Waals surface area contributed by atoms with Crippen LogP contribution in [-0.2, 0) is 33.2 Å². The molecule has 0 unspecified atom stereocenters. The van der Waals surface area contributed by atoms with E-state index in [4.69, 9.17) is 33.2 Å². The molecule has 0 aromatic rings. The smallest absolute Gasteiger partial charge is 0.187 e. The zero-order valence-electron chi connectivity index (χ0n) is 23.3. The van der Waals surface area contributed by atoms with Gasteiger partial charge in [0.2, 0.25) is 0 Å². The first-order chi connectivity index (χ1) is 20.7. The van der Waals surface area contributed by atoms with Crippen LogP contribution in [0, 0.1) is 0 Å². The molecule has 0 aromatic carbocycles. The van der Waals surface area contributed by atoms with Gasteiger partial charge in [0.25, 0.3) is 0 Å². The lowest BCUT2D eigenvalue weighted by Gasteiger charge is -2.49. The maximum absolute atomic E-state index is 11.1. The molecule has 0 amide bonds. The lowest BCUT2D eigenvalue weighted by molar-refractivity contribution is -0.394. The van der Waals surface area contributed by atoms with Gasteiger partial charge in [-0.3, -0.25) is 0 Å². The standard InChI is InChI=1S/C24H42O20/c1-5-9(28)19(43-22-16(35)12(31)10(29)6(2-25)40-22)17(36)23(38-5)44-20-13(32)11(30)7(3-26)41-24(20)42-18-8(4-27)39-21(37)15(34)14(18)33/h5-37H,2-4H2,1H3/t5-,6+,7+,8+,9+,10-,11-,12-,13-,14+,15+,16+,17-,18+,19+,20+,21+,22+,23+,24-/m0/s1. The van der Waals surface area contributed by atoms with E-state index < -0.39 is 143 Å². The van der Waals surface area contributed by atoms with Crippen molar-refractivity contribution in [3.63, 3.8) is 0 Å². The summed E-state index contributed by atoms with van der Waals surface area (Å²) in [6, 6.07) is 0. The Morgan fingerprint density at radius 1 is 0.409 bits per heavy atom. The van der Waals surface area contributed by atoms with Gasteiger partial charge in [0.05, 0.1) is 25.9 Å². The van der Waals surface area contributed by atoms with E-state index in [-0.39, 0.29) is 0 Å². The van der Waals surface area contributed by atoms with E-state index in [0.29, 0.717) is 0 Å². The molecule has 0 aliphatic carbocycles. The largest absolute Gasteiger partial charge is 0.394 e. The van der Waals surface area contributed by atoms with E-state index >= 15 is 0 Å². The normalized spacial score (nSPS) is 53.9. The maximum Gasteiger partial charge on any atom is 0.187 e. The minimum atomic E-state index is -1.96. The number of hydrogen-bond donors (Lipinski definition) is 13. The van der Waals surface area contributed by atoms with Gasteiger partial charge in [-0.2, -0.15) is 0 Å². The van der Waals surface area contributed by atoms with Crippen LogP contribution < -0.4 is 0 Å². The van der Waals surface area contributed by atoms with Crippen LogP contribution in [0.5, 0.6) is 0 Å². The highest BCUT2D eigenvalue weighted by atomic mass is 16.8. The van der Waals surface area contributed by atoms with Crippen LogP contribution >= 0.6 is 0 Å². The number of ether oxygens (including phenoxy) is 7. The van der Waals surface area contributed by atoms with Crippen molar-refractivity contribution in [2.75, 3.05) is 19.8 Å². The minimum absolute atomic E-state index is 0.780. The molecule has 4 fully saturated rings. The third kappa shape index (κ3) is 7.05. The Hall–Kier alpha value is -0.800. The van der Waals surface area contributed by atoms with Crippen molar-refractivity contribution >= 4 is 0 Å². The lowest BCUT2D eigenvalue weighted by atomic mass is 9.96. The predicted octanol–water partition coefficient (Wildman–Crippen LogP) is -8.72. The summed E-state index contributed by atoms with van der Waals surface area (Å²) < 4.78 is 38.4. The average molecular weight is 651 g/mol. The van der Waals surface area contributed by atoms with E-state index in [1.54, 1.807) is 0 Å². The zero-order valence-corrected chi connectivity index (χ0v) is 23.3. The minimum Gasteiger partial charge on any atom is -0.394 e. The molecule has 20 nitrogen and oxygen atoms in total. The summed E-state index contributed by atoms with van der Waals surface area (Å²) >= 11 is 0. The summed E-state index contributed by atoms with van der Waals surface area (Å²) in [4.78, 5) is 0. The van der Waals surface area contributed by atoms with Crippen molar-refractivity contribution in [2.45, 2.75) is 130 Å². The Morgan fingerprint density at radius 2 is 0.886 bits per heavy atom. The number of aliphatic hydroxyl groups is 13. The Bertz CT molecular complexity index is 898. The summed E-state index contributed by atoms with van der Waals surface area (Å²) in [5.41, 5.74) is 0. The highest BCUT2D eigenvalue weighted by molar-refractivity contribution is 4.97. The monoisotopic (exact) mass is 650 g/mol. The fourth-order valence-corrected chi connectivity index (χ4v) is 5.46. The highest BCUT2D eigenvalue weighted by Crippen LogP contribution is 2.34. The van der Waals surface area contributed by atoms with Crippen LogP contribution in [-0.4, -0.2) is 209 Å². The molecule has 0 aromatic heterocycles. The number of hydrogen-bond acceptors (Lipinski definition) is 20. The molecule has 0 saturated carbocycles. The van der Waals surface area contributed by atoms with Crippen molar-refractivity contribution in [1.82, 2.24) is 0 Å². The molecule has 0 bridgehead atoms. The fourth-order valence-electron chi connectivity index (χ4n) is 5.46. The quantitative estimate of drug-likeness (QED) is 0.110. The Kier molecular flexibility index (Phi) is 12.3. The first kappa shape index (κ1) is 36.0. The van der Waals surface area contributed by atoms with Crippen molar-refractivity contribution in [3.05, 3.63) is 0 Å². The molecule has 20 atom stereocenters. The first-order valence-corrected chi connectivity index (χ1v) is 14.0. The van der Waals surface area contributed by atoms with E-state index in [9.17, 15) is 66.4 Å². The van der Waals surface area contributed by atoms with E-state index in [1.165, 1.54) is 6.92 Å². The van der Waals surface area contributed by atoms with Crippen molar-refractivity contribution in [2.24, 2.45) is 0 Å². The second-order valence-corrected chi connectivity index (χ2v) is 11.1. The molecule has 4 heterocycles. The van der Waals surface area contributed by atoms with Gasteiger partial charge in [0.1, 0.15) is 91.6 Å². The summed E-state index contributed by atoms with van der Waals surface area (Å²) in [5, 5.41) is 133. The van der Waals surface area contributed by atoms with E-state index in [1.807, 2.05) is 0 Å². The highest BCUT2D eigenvalue weighted by Gasteiger charge is 2.55. The van der Waals surface area contributed by atoms with Gasteiger partial charge >= 0.3 is 0 Å². The fraction of sp³-hybridized carbons (Fsp3) is 1.00. The maximum atomic E-state index is 11.1. The summed E-state index contributed by atoms with van der Waals surface area (Å²) in [6.45, 7) is -1.10. The third-order valence-electron chi connectivity index (χ3n) is 8.17. The van der Waals surface area contributed by atoms with Crippen molar-refractivity contribution < 1.29 is 99.5 Å². The zero-order chi connectivity index (χ0) is 32.6. The van der Waals surface area contributed by atoms with Gasteiger partial charge in [-0.25, -0.2) is 0 Å². The SMILES string of the molecule is C[C@@H]1O[C@H](O[C@H]2[C@H](O[C@H]3[C@H](O)[C@@H](O)[C@H](O)O[C@@H]3CO)O[C@H](CO)[C@H](O)[C@@H]2O)[C@@H](O)[C@H](O[C@H]2O[C@H](CO)[C@H](O)[C@H](O)[C@H]2O)[C@@H]1O. The molecule has 258 valence electrons. The average Bonchev–Trinajstić information content (AvgIpc) is 3.00. The van der Waals surface area contributed by atoms with Crippen molar-refractivity contribution in [1.29, 1.82) is 0 Å². The molecule has 20 heteroatoms. The van der Waals surface area contributed by atoms with Crippen LogP contribution in [0.3, 0.4) is 0 Å². The Balaban J connectivity index is 1.55. The van der Waals surface area contributed by atoms with Crippen LogP contribution in [0.1, 0.15) is 6.92 Å². The van der Waals surface area contributed by atoms with E-state index in [0.717, 1.165) is 0 Å². The number of rotatable bonds is 9. The van der Waals surface area contributed by atoms with Crippen LogP contribution in [0.15, 0.2) is 0 Å². The summed E-state index contributed by atoms with van der Waals surface area (Å²) in [7, 11) is 0. The molecule has 44 heavy (non-hydrogen) atoms. The molecule has 13 N–H and O–H groups in total. The van der Waals surface area contributed by atoms with Crippen LogP contribution in [0.4, 0.5) is 0 Å². The molecule has 4 aliphatic heterocycles. The van der Waals surface area contributed by atoms with Crippen LogP contribution in [0.2, 0.25) is 0 Å². The lowest BCUT2D eigenvalue weighted by Crippen LogP contribution is -2.67. The van der Waals surface area contributed by atoms with Crippen LogP contribution in [0.25, 0.3) is 0 Å². The molecule has 4 saturated heterocycles. The topological polar surface area (TPSA) is 328 Å². The van der Waals surface area contributed by atoms with Gasteiger partial charge in [-0.05, 0) is 6.92 Å². The second kappa shape index (κ2) is 15.0. The number of aliphatic hydroxyl groups excluding tert-OH is 13. The molecule has 0 spiro atoms. The molecular weight excluding hydrogens is 608 g/mol. The second-order valence-electron chi connectivity index (χ2n) is 11.1. The third-order valence-corrected chi connectivity index (χ3v) is 8.17.